The second-order valence-electron chi connectivity index (χ2n) is 6.17. The molecule has 3 N–H and O–H groups in total. The smallest absolute Gasteiger partial charge is 0.178 e. The van der Waals surface area contributed by atoms with E-state index in [0.29, 0.717) is 12.2 Å². The van der Waals surface area contributed by atoms with Crippen LogP contribution in [0.3, 0.4) is 0 Å². The predicted octanol–water partition coefficient (Wildman–Crippen LogP) is 5.55. The zero-order valence-corrected chi connectivity index (χ0v) is 17.9. The molecule has 0 aliphatic carbocycles. The molecule has 2 aromatic heterocycles. The van der Waals surface area contributed by atoms with Crippen molar-refractivity contribution in [1.82, 2.24) is 15.0 Å². The first-order valence-corrected chi connectivity index (χ1v) is 10.3. The standard InChI is InChI=1S/C20H18BrN5O2S/c1-27-28-29-26-17-8-14(19-24-18-9-15(21)12-23-20(18)25-19)7-16(10-17)22-11-13-5-3-2-4-6-13/h2-10,12,22,26H,11H2,1H3,(H,23,24,25). The fourth-order valence-electron chi connectivity index (χ4n) is 2.84. The molecule has 148 valence electrons. The molecule has 4 aromatic rings. The molecule has 2 aromatic carbocycles. The summed E-state index contributed by atoms with van der Waals surface area (Å²) in [5.41, 5.74) is 5.43. The van der Waals surface area contributed by atoms with E-state index in [9.17, 15) is 0 Å². The minimum absolute atomic E-state index is 0.664. The number of nitrogens with zero attached hydrogens (tertiary/aromatic N) is 2. The number of aromatic amines is 1. The van der Waals surface area contributed by atoms with Gasteiger partial charge in [-0.1, -0.05) is 30.3 Å². The van der Waals surface area contributed by atoms with E-state index in [0.717, 1.165) is 45.0 Å². The van der Waals surface area contributed by atoms with Crippen molar-refractivity contribution in [2.24, 2.45) is 0 Å². The molecule has 4 rings (SSSR count). The topological polar surface area (TPSA) is 84.1 Å². The van der Waals surface area contributed by atoms with E-state index in [2.05, 4.69) is 57.9 Å². The Hall–Kier alpha value is -2.59. The predicted molar refractivity (Wildman–Crippen MR) is 120 cm³/mol. The third-order valence-corrected chi connectivity index (χ3v) is 5.07. The lowest BCUT2D eigenvalue weighted by Crippen LogP contribution is -2.00. The van der Waals surface area contributed by atoms with E-state index >= 15 is 0 Å². The number of imidazole rings is 1. The summed E-state index contributed by atoms with van der Waals surface area (Å²) >= 11 is 4.43. The number of benzene rings is 2. The molecule has 0 fully saturated rings. The van der Waals surface area contributed by atoms with E-state index in [-0.39, 0.29) is 0 Å². The number of halogens is 1. The average Bonchev–Trinajstić information content (AvgIpc) is 3.16. The van der Waals surface area contributed by atoms with Crippen molar-refractivity contribution in [1.29, 1.82) is 0 Å². The van der Waals surface area contributed by atoms with Crippen molar-refractivity contribution >= 4 is 50.7 Å². The minimum Gasteiger partial charge on any atom is -0.381 e. The molecule has 0 radical (unpaired) electrons. The Balaban J connectivity index is 1.64. The molecule has 0 saturated heterocycles. The molecule has 0 unspecified atom stereocenters. The third-order valence-electron chi connectivity index (χ3n) is 4.11. The molecule has 29 heavy (non-hydrogen) atoms. The van der Waals surface area contributed by atoms with E-state index in [1.807, 2.05) is 42.5 Å². The van der Waals surface area contributed by atoms with Crippen molar-refractivity contribution in [2.75, 3.05) is 17.1 Å². The summed E-state index contributed by atoms with van der Waals surface area (Å²) in [5, 5.41) is 3.46. The maximum Gasteiger partial charge on any atom is 0.178 e. The summed E-state index contributed by atoms with van der Waals surface area (Å²) in [4.78, 5) is 16.9. The quantitative estimate of drug-likeness (QED) is 0.102. The van der Waals surface area contributed by atoms with Crippen LogP contribution in [0.2, 0.25) is 0 Å². The van der Waals surface area contributed by atoms with Gasteiger partial charge < -0.3 is 15.0 Å². The average molecular weight is 472 g/mol. The van der Waals surface area contributed by atoms with Gasteiger partial charge in [0.15, 0.2) is 5.65 Å². The molecule has 0 saturated carbocycles. The van der Waals surface area contributed by atoms with Crippen LogP contribution in [-0.4, -0.2) is 22.1 Å². The monoisotopic (exact) mass is 471 g/mol. The van der Waals surface area contributed by atoms with Crippen LogP contribution in [0, 0.1) is 0 Å². The van der Waals surface area contributed by atoms with Gasteiger partial charge in [0.1, 0.15) is 18.1 Å². The van der Waals surface area contributed by atoms with Crippen LogP contribution >= 0.6 is 28.2 Å². The van der Waals surface area contributed by atoms with Gasteiger partial charge in [0.05, 0.1) is 12.6 Å². The molecule has 0 aliphatic rings. The maximum atomic E-state index is 4.86. The number of anilines is 2. The SMILES string of the molecule is COOSNc1cc(NCc2ccccc2)cc(-c2nc3ncc(Br)cc3[nH]2)c1. The lowest BCUT2D eigenvalue weighted by Gasteiger charge is -2.11. The molecule has 7 nitrogen and oxygen atoms in total. The zero-order chi connectivity index (χ0) is 20.1. The summed E-state index contributed by atoms with van der Waals surface area (Å²) in [6.45, 7) is 0.708. The second kappa shape index (κ2) is 9.27. The number of H-pyrrole nitrogens is 1. The van der Waals surface area contributed by atoms with Crippen molar-refractivity contribution in [3.63, 3.8) is 0 Å². The van der Waals surface area contributed by atoms with Gasteiger partial charge in [0.2, 0.25) is 0 Å². The van der Waals surface area contributed by atoms with Crippen LogP contribution in [0.4, 0.5) is 11.4 Å². The fraction of sp³-hybridized carbons (Fsp3) is 0.100. The summed E-state index contributed by atoms with van der Waals surface area (Å²) in [6, 6.07) is 18.2. The first kappa shape index (κ1) is 19.7. The highest BCUT2D eigenvalue weighted by atomic mass is 79.9. The Morgan fingerprint density at radius 2 is 1.93 bits per heavy atom. The highest BCUT2D eigenvalue weighted by Gasteiger charge is 2.10. The second-order valence-corrected chi connectivity index (χ2v) is 7.59. The van der Waals surface area contributed by atoms with E-state index in [1.165, 1.54) is 12.7 Å². The summed E-state index contributed by atoms with van der Waals surface area (Å²) in [5.74, 6) is 0.731. The lowest BCUT2D eigenvalue weighted by atomic mass is 10.1. The summed E-state index contributed by atoms with van der Waals surface area (Å²) in [6.07, 6.45) is 1.73. The molecule has 0 amide bonds. The Morgan fingerprint density at radius 1 is 1.10 bits per heavy atom. The molecule has 0 atom stereocenters. The number of hydrogen-bond acceptors (Lipinski definition) is 7. The van der Waals surface area contributed by atoms with E-state index < -0.39 is 0 Å². The van der Waals surface area contributed by atoms with Gasteiger partial charge in [-0.25, -0.2) is 14.9 Å². The van der Waals surface area contributed by atoms with E-state index in [1.54, 1.807) is 6.20 Å². The van der Waals surface area contributed by atoms with Gasteiger partial charge in [0, 0.05) is 34.2 Å². The first-order chi connectivity index (χ1) is 14.2. The van der Waals surface area contributed by atoms with Gasteiger partial charge in [-0.3, -0.25) is 0 Å². The van der Waals surface area contributed by atoms with Crippen molar-refractivity contribution in [2.45, 2.75) is 6.54 Å². The normalized spacial score (nSPS) is 11.0. The summed E-state index contributed by atoms with van der Waals surface area (Å²) in [7, 11) is 1.46. The molecule has 0 bridgehead atoms. The van der Waals surface area contributed by atoms with Crippen molar-refractivity contribution in [3.8, 4) is 11.4 Å². The molecule has 9 heteroatoms. The Bertz CT molecular complexity index is 1110. The van der Waals surface area contributed by atoms with Gasteiger partial charge in [0.25, 0.3) is 0 Å². The first-order valence-electron chi connectivity index (χ1n) is 8.78. The Labute approximate surface area is 180 Å². The van der Waals surface area contributed by atoms with Crippen LogP contribution in [0.15, 0.2) is 65.3 Å². The van der Waals surface area contributed by atoms with Crippen LogP contribution in [0.1, 0.15) is 5.56 Å². The third kappa shape index (κ3) is 5.07. The van der Waals surface area contributed by atoms with E-state index in [4.69, 9.17) is 4.33 Å². The number of rotatable bonds is 8. The Kier molecular flexibility index (Phi) is 6.30. The van der Waals surface area contributed by atoms with Crippen LogP contribution in [-0.2, 0) is 15.8 Å². The van der Waals surface area contributed by atoms with Crippen LogP contribution < -0.4 is 10.0 Å². The summed E-state index contributed by atoms with van der Waals surface area (Å²) < 4.78 is 8.86. The Morgan fingerprint density at radius 3 is 2.76 bits per heavy atom. The number of hydrogen-bond donors (Lipinski definition) is 3. The molecule has 0 spiro atoms. The number of aromatic nitrogens is 3. The highest BCUT2D eigenvalue weighted by molar-refractivity contribution is 9.10. The van der Waals surface area contributed by atoms with Crippen LogP contribution in [0.25, 0.3) is 22.6 Å². The molecule has 0 aliphatic heterocycles. The number of pyridine rings is 1. The lowest BCUT2D eigenvalue weighted by molar-refractivity contribution is -0.159. The van der Waals surface area contributed by atoms with Crippen molar-refractivity contribution in [3.05, 3.63) is 70.8 Å². The van der Waals surface area contributed by atoms with Gasteiger partial charge in [-0.05, 0) is 45.8 Å². The number of fused-ring (bicyclic) bond motifs is 1. The largest absolute Gasteiger partial charge is 0.381 e. The maximum absolute atomic E-state index is 4.86. The van der Waals surface area contributed by atoms with Crippen LogP contribution in [0.5, 0.6) is 0 Å². The van der Waals surface area contributed by atoms with Gasteiger partial charge >= 0.3 is 0 Å². The highest BCUT2D eigenvalue weighted by Crippen LogP contribution is 2.29. The number of nitrogens with one attached hydrogen (secondary N) is 3. The molecular formula is C20H18BrN5O2S. The van der Waals surface area contributed by atoms with Gasteiger partial charge in [-0.15, -0.1) is 4.33 Å². The van der Waals surface area contributed by atoms with Gasteiger partial charge in [-0.2, -0.15) is 0 Å². The fourth-order valence-corrected chi connectivity index (χ4v) is 3.48. The van der Waals surface area contributed by atoms with Crippen molar-refractivity contribution < 1.29 is 9.22 Å². The molecule has 2 heterocycles. The molecular weight excluding hydrogens is 454 g/mol. The zero-order valence-electron chi connectivity index (χ0n) is 15.5. The minimum atomic E-state index is 0.664.